The van der Waals surface area contributed by atoms with Gasteiger partial charge in [0.15, 0.2) is 0 Å². The number of rotatable bonds is 6. The van der Waals surface area contributed by atoms with Crippen molar-refractivity contribution < 1.29 is 19.1 Å². The summed E-state index contributed by atoms with van der Waals surface area (Å²) in [6, 6.07) is 8.25. The van der Waals surface area contributed by atoms with E-state index >= 15 is 0 Å². The van der Waals surface area contributed by atoms with Crippen LogP contribution < -0.4 is 10.1 Å². The van der Waals surface area contributed by atoms with Gasteiger partial charge in [-0.2, -0.15) is 0 Å². The fraction of sp³-hybridized carbons (Fsp3) is 0.542. The van der Waals surface area contributed by atoms with Crippen LogP contribution in [0.1, 0.15) is 38.5 Å². The van der Waals surface area contributed by atoms with Gasteiger partial charge in [0.05, 0.1) is 6.10 Å². The van der Waals surface area contributed by atoms with Gasteiger partial charge in [0, 0.05) is 55.3 Å². The predicted octanol–water partition coefficient (Wildman–Crippen LogP) is 2.93. The number of methoxy groups -OCH3 is 1. The average Bonchev–Trinajstić information content (AvgIpc) is 2.81. The van der Waals surface area contributed by atoms with Crippen molar-refractivity contribution in [1.82, 2.24) is 15.2 Å². The van der Waals surface area contributed by atoms with Crippen molar-refractivity contribution in [3.05, 3.63) is 36.7 Å². The summed E-state index contributed by atoms with van der Waals surface area (Å²) < 4.78 is 11.2. The zero-order valence-electron chi connectivity index (χ0n) is 18.1. The van der Waals surface area contributed by atoms with Gasteiger partial charge in [0.2, 0.25) is 11.8 Å². The second-order valence-electron chi connectivity index (χ2n) is 8.54. The number of likely N-dealkylation sites (tertiary alicyclic amines) is 1. The van der Waals surface area contributed by atoms with Crippen molar-refractivity contribution in [1.29, 1.82) is 0 Å². The van der Waals surface area contributed by atoms with E-state index in [2.05, 4.69) is 10.3 Å². The molecule has 1 aliphatic heterocycles. The lowest BCUT2D eigenvalue weighted by molar-refractivity contribution is -0.139. The van der Waals surface area contributed by atoms with Gasteiger partial charge in [0.1, 0.15) is 12.4 Å². The van der Waals surface area contributed by atoms with Crippen molar-refractivity contribution in [2.75, 3.05) is 26.8 Å². The van der Waals surface area contributed by atoms with Gasteiger partial charge in [-0.3, -0.25) is 14.6 Å². The summed E-state index contributed by atoms with van der Waals surface area (Å²) in [5.41, 5.74) is 0. The minimum absolute atomic E-state index is 0.00198. The van der Waals surface area contributed by atoms with Crippen LogP contribution in [0.4, 0.5) is 0 Å². The predicted molar refractivity (Wildman–Crippen MR) is 118 cm³/mol. The van der Waals surface area contributed by atoms with Crippen molar-refractivity contribution in [2.45, 2.75) is 50.7 Å². The summed E-state index contributed by atoms with van der Waals surface area (Å²) in [7, 11) is 1.53. The average molecular weight is 426 g/mol. The standard InChI is InChI=1S/C24H31N3O4/c1-30-16-23(28)27-13-10-17(11-14-27)24(29)26-19-5-7-20(8-6-19)31-22-4-2-3-18-15-25-12-9-21(18)22/h2-4,9,12,15,17,19-20H,5-8,10-11,13-14,16H2,1H3,(H,26,29). The quantitative estimate of drug-likeness (QED) is 0.770. The van der Waals surface area contributed by atoms with Crippen LogP contribution in [0.3, 0.4) is 0 Å². The van der Waals surface area contributed by atoms with E-state index in [1.807, 2.05) is 30.5 Å². The number of hydrogen-bond donors (Lipinski definition) is 1. The lowest BCUT2D eigenvalue weighted by atomic mass is 9.91. The molecule has 2 aromatic rings. The summed E-state index contributed by atoms with van der Waals surface area (Å²) in [6.07, 6.45) is 8.95. The van der Waals surface area contributed by atoms with Gasteiger partial charge in [-0.25, -0.2) is 0 Å². The highest BCUT2D eigenvalue weighted by atomic mass is 16.5. The molecule has 1 N–H and O–H groups in total. The fourth-order valence-electron chi connectivity index (χ4n) is 4.63. The number of nitrogens with zero attached hydrogens (tertiary/aromatic N) is 2. The highest BCUT2D eigenvalue weighted by Crippen LogP contribution is 2.29. The summed E-state index contributed by atoms with van der Waals surface area (Å²) >= 11 is 0. The molecule has 4 rings (SSSR count). The van der Waals surface area contributed by atoms with Crippen LogP contribution in [0.25, 0.3) is 10.8 Å². The maximum Gasteiger partial charge on any atom is 0.248 e. The zero-order chi connectivity index (χ0) is 21.6. The Bertz CT molecular complexity index is 897. The number of aromatic nitrogens is 1. The van der Waals surface area contributed by atoms with E-state index in [1.54, 1.807) is 11.1 Å². The molecule has 0 radical (unpaired) electrons. The number of nitrogens with one attached hydrogen (secondary N) is 1. The molecule has 1 saturated carbocycles. The molecule has 166 valence electrons. The van der Waals surface area contributed by atoms with Crippen LogP contribution in [0.2, 0.25) is 0 Å². The van der Waals surface area contributed by atoms with Crippen LogP contribution in [0, 0.1) is 5.92 Å². The molecule has 0 atom stereocenters. The number of carbonyl (C=O) groups is 2. The zero-order valence-corrected chi connectivity index (χ0v) is 18.1. The van der Waals surface area contributed by atoms with E-state index in [1.165, 1.54) is 7.11 Å². The maximum atomic E-state index is 12.7. The Labute approximate surface area is 183 Å². The molecule has 2 amide bonds. The van der Waals surface area contributed by atoms with Gasteiger partial charge in [0.25, 0.3) is 0 Å². The normalized spacial score (nSPS) is 22.3. The number of hydrogen-bond acceptors (Lipinski definition) is 5. The Hall–Kier alpha value is -2.67. The van der Waals surface area contributed by atoms with E-state index in [4.69, 9.17) is 9.47 Å². The molecule has 0 unspecified atom stereocenters. The number of piperidine rings is 1. The van der Waals surface area contributed by atoms with Crippen molar-refractivity contribution in [3.8, 4) is 5.75 Å². The number of pyridine rings is 1. The summed E-state index contributed by atoms with van der Waals surface area (Å²) in [6.45, 7) is 1.36. The largest absolute Gasteiger partial charge is 0.490 e. The molecule has 1 aliphatic carbocycles. The third-order valence-electron chi connectivity index (χ3n) is 6.44. The van der Waals surface area contributed by atoms with E-state index in [0.717, 1.165) is 55.0 Å². The lowest BCUT2D eigenvalue weighted by Crippen LogP contribution is -2.47. The number of fused-ring (bicyclic) bond motifs is 1. The molecular weight excluding hydrogens is 394 g/mol. The first-order chi connectivity index (χ1) is 15.1. The molecular formula is C24H31N3O4. The first kappa shape index (κ1) is 21.6. The molecule has 0 bridgehead atoms. The van der Waals surface area contributed by atoms with E-state index in [-0.39, 0.29) is 36.5 Å². The van der Waals surface area contributed by atoms with E-state index in [9.17, 15) is 9.59 Å². The van der Waals surface area contributed by atoms with Gasteiger partial charge in [-0.1, -0.05) is 12.1 Å². The second-order valence-corrected chi connectivity index (χ2v) is 8.54. The third kappa shape index (κ3) is 5.34. The van der Waals surface area contributed by atoms with Crippen molar-refractivity contribution in [3.63, 3.8) is 0 Å². The second kappa shape index (κ2) is 10.1. The SMILES string of the molecule is COCC(=O)N1CCC(C(=O)NC2CCC(Oc3cccc4cnccc34)CC2)CC1. The highest BCUT2D eigenvalue weighted by Gasteiger charge is 2.30. The van der Waals surface area contributed by atoms with E-state index in [0.29, 0.717) is 13.1 Å². The molecule has 1 saturated heterocycles. The molecule has 2 aliphatic rings. The van der Waals surface area contributed by atoms with Crippen molar-refractivity contribution in [2.24, 2.45) is 5.92 Å². The first-order valence-electron chi connectivity index (χ1n) is 11.2. The Morgan fingerprint density at radius 3 is 2.61 bits per heavy atom. The van der Waals surface area contributed by atoms with Crippen LogP contribution >= 0.6 is 0 Å². The van der Waals surface area contributed by atoms with Crippen LogP contribution in [0.15, 0.2) is 36.7 Å². The Morgan fingerprint density at radius 1 is 1.10 bits per heavy atom. The first-order valence-corrected chi connectivity index (χ1v) is 11.2. The van der Waals surface area contributed by atoms with Crippen molar-refractivity contribution >= 4 is 22.6 Å². The fourth-order valence-corrected chi connectivity index (χ4v) is 4.63. The number of carbonyl (C=O) groups excluding carboxylic acids is 2. The molecule has 7 nitrogen and oxygen atoms in total. The van der Waals surface area contributed by atoms with E-state index < -0.39 is 0 Å². The number of ether oxygens (including phenoxy) is 2. The maximum absolute atomic E-state index is 12.7. The van der Waals surface area contributed by atoms with Crippen LogP contribution in [0.5, 0.6) is 5.75 Å². The smallest absolute Gasteiger partial charge is 0.248 e. The Kier molecular flexibility index (Phi) is 7.02. The minimum Gasteiger partial charge on any atom is -0.490 e. The lowest BCUT2D eigenvalue weighted by Gasteiger charge is -2.34. The molecule has 7 heteroatoms. The monoisotopic (exact) mass is 425 g/mol. The number of amides is 2. The van der Waals surface area contributed by atoms with Gasteiger partial charge < -0.3 is 19.7 Å². The Balaban J connectivity index is 1.22. The summed E-state index contributed by atoms with van der Waals surface area (Å²) in [4.78, 5) is 30.6. The summed E-state index contributed by atoms with van der Waals surface area (Å²) in [5.74, 6) is 1.03. The van der Waals surface area contributed by atoms with Gasteiger partial charge >= 0.3 is 0 Å². The minimum atomic E-state index is -0.00939. The number of benzene rings is 1. The molecule has 0 spiro atoms. The molecule has 2 heterocycles. The molecule has 1 aromatic heterocycles. The van der Waals surface area contributed by atoms with Crippen LogP contribution in [-0.4, -0.2) is 60.7 Å². The molecule has 2 fully saturated rings. The third-order valence-corrected chi connectivity index (χ3v) is 6.44. The van der Waals surface area contributed by atoms with Gasteiger partial charge in [-0.15, -0.1) is 0 Å². The molecule has 1 aromatic carbocycles. The Morgan fingerprint density at radius 2 is 1.87 bits per heavy atom. The molecule has 31 heavy (non-hydrogen) atoms. The van der Waals surface area contributed by atoms with Gasteiger partial charge in [-0.05, 0) is 50.7 Å². The highest BCUT2D eigenvalue weighted by molar-refractivity contribution is 5.87. The summed E-state index contributed by atoms with van der Waals surface area (Å²) in [5, 5.41) is 5.41. The van der Waals surface area contributed by atoms with Crippen LogP contribution in [-0.2, 0) is 14.3 Å². The topological polar surface area (TPSA) is 80.8 Å².